The molecule has 0 heterocycles. The molecular weight excluding hydrogens is 156 g/mol. The third-order valence-corrected chi connectivity index (χ3v) is 1.73. The number of aldehydes is 1. The summed E-state index contributed by atoms with van der Waals surface area (Å²) in [6.45, 7) is 0. The zero-order valence-corrected chi connectivity index (χ0v) is 6.82. The number of esters is 1. The molecule has 0 aliphatic heterocycles. The van der Waals surface area contributed by atoms with Gasteiger partial charge in [0.25, 0.3) is 0 Å². The summed E-state index contributed by atoms with van der Waals surface area (Å²) in [6, 6.07) is 0. The maximum atomic E-state index is 11.0. The van der Waals surface area contributed by atoms with E-state index in [4.69, 9.17) is 0 Å². The van der Waals surface area contributed by atoms with Crippen LogP contribution < -0.4 is 0 Å². The summed E-state index contributed by atoms with van der Waals surface area (Å²) in [5.74, 6) is -0.532. The van der Waals surface area contributed by atoms with Crippen molar-refractivity contribution in [2.75, 3.05) is 7.11 Å². The smallest absolute Gasteiger partial charge is 0.333 e. The van der Waals surface area contributed by atoms with Crippen LogP contribution in [-0.4, -0.2) is 19.4 Å². The SMILES string of the molecule is COC(=O)C1=CC=CC(C=O)C1. The standard InChI is InChI=1S/C9H10O3/c1-12-9(11)8-4-2-3-7(5-8)6-10/h2-4,6-7H,5H2,1H3. The lowest BCUT2D eigenvalue weighted by Crippen LogP contribution is -2.11. The molecule has 1 atom stereocenters. The number of carbonyl (C=O) groups excluding carboxylic acids is 2. The summed E-state index contributed by atoms with van der Waals surface area (Å²) < 4.78 is 4.53. The summed E-state index contributed by atoms with van der Waals surface area (Å²) in [4.78, 5) is 21.4. The Balaban J connectivity index is 2.68. The Morgan fingerprint density at radius 2 is 2.50 bits per heavy atom. The van der Waals surface area contributed by atoms with Gasteiger partial charge in [-0.25, -0.2) is 4.79 Å². The molecule has 1 rings (SSSR count). The van der Waals surface area contributed by atoms with Crippen LogP contribution in [0.25, 0.3) is 0 Å². The summed E-state index contributed by atoms with van der Waals surface area (Å²) in [7, 11) is 1.33. The fourth-order valence-electron chi connectivity index (χ4n) is 1.08. The lowest BCUT2D eigenvalue weighted by atomic mass is 9.96. The van der Waals surface area contributed by atoms with Crippen molar-refractivity contribution in [1.29, 1.82) is 0 Å². The summed E-state index contributed by atoms with van der Waals surface area (Å²) in [6.07, 6.45) is 6.42. The van der Waals surface area contributed by atoms with Gasteiger partial charge in [0, 0.05) is 11.5 Å². The third kappa shape index (κ3) is 1.81. The largest absolute Gasteiger partial charge is 0.466 e. The van der Waals surface area contributed by atoms with Gasteiger partial charge < -0.3 is 9.53 Å². The molecule has 0 amide bonds. The number of allylic oxidation sites excluding steroid dienone is 3. The molecule has 1 aliphatic rings. The van der Waals surface area contributed by atoms with Crippen LogP contribution in [0.5, 0.6) is 0 Å². The van der Waals surface area contributed by atoms with E-state index in [1.165, 1.54) is 7.11 Å². The van der Waals surface area contributed by atoms with Crippen LogP contribution in [0.4, 0.5) is 0 Å². The highest BCUT2D eigenvalue weighted by molar-refractivity contribution is 5.89. The third-order valence-electron chi connectivity index (χ3n) is 1.73. The fourth-order valence-corrected chi connectivity index (χ4v) is 1.08. The second kappa shape index (κ2) is 3.85. The Kier molecular flexibility index (Phi) is 2.80. The molecular formula is C9H10O3. The molecule has 0 aromatic rings. The number of hydrogen-bond acceptors (Lipinski definition) is 3. The number of methoxy groups -OCH3 is 1. The molecule has 0 aromatic heterocycles. The minimum Gasteiger partial charge on any atom is -0.466 e. The normalized spacial score (nSPS) is 21.4. The van der Waals surface area contributed by atoms with Gasteiger partial charge in [0.2, 0.25) is 0 Å². The quantitative estimate of drug-likeness (QED) is 0.451. The predicted molar refractivity (Wildman–Crippen MR) is 43.4 cm³/mol. The van der Waals surface area contributed by atoms with Crippen LogP contribution in [-0.2, 0) is 14.3 Å². The van der Waals surface area contributed by atoms with E-state index in [1.807, 2.05) is 0 Å². The number of ether oxygens (including phenoxy) is 1. The topological polar surface area (TPSA) is 43.4 Å². The van der Waals surface area contributed by atoms with Crippen molar-refractivity contribution in [2.45, 2.75) is 6.42 Å². The first kappa shape index (κ1) is 8.71. The van der Waals surface area contributed by atoms with E-state index in [0.29, 0.717) is 12.0 Å². The van der Waals surface area contributed by atoms with E-state index in [-0.39, 0.29) is 11.9 Å². The molecule has 64 valence electrons. The minimum absolute atomic E-state index is 0.177. The van der Waals surface area contributed by atoms with Gasteiger partial charge in [-0.2, -0.15) is 0 Å². The summed E-state index contributed by atoms with van der Waals surface area (Å²) in [5.41, 5.74) is 0.553. The Morgan fingerprint density at radius 1 is 1.75 bits per heavy atom. The van der Waals surface area contributed by atoms with E-state index in [1.54, 1.807) is 18.2 Å². The van der Waals surface area contributed by atoms with Crippen molar-refractivity contribution in [3.63, 3.8) is 0 Å². The van der Waals surface area contributed by atoms with Gasteiger partial charge in [0.1, 0.15) is 6.29 Å². The van der Waals surface area contributed by atoms with Crippen molar-refractivity contribution in [2.24, 2.45) is 5.92 Å². The summed E-state index contributed by atoms with van der Waals surface area (Å²) >= 11 is 0. The molecule has 0 N–H and O–H groups in total. The van der Waals surface area contributed by atoms with Gasteiger partial charge in [-0.05, 0) is 6.42 Å². The zero-order chi connectivity index (χ0) is 8.97. The fraction of sp³-hybridized carbons (Fsp3) is 0.333. The van der Waals surface area contributed by atoms with Crippen molar-refractivity contribution in [3.8, 4) is 0 Å². The first-order valence-corrected chi connectivity index (χ1v) is 3.69. The number of carbonyl (C=O) groups is 2. The van der Waals surface area contributed by atoms with E-state index in [0.717, 1.165) is 6.29 Å². The highest BCUT2D eigenvalue weighted by Crippen LogP contribution is 2.17. The number of hydrogen-bond donors (Lipinski definition) is 0. The van der Waals surface area contributed by atoms with Crippen LogP contribution >= 0.6 is 0 Å². The van der Waals surface area contributed by atoms with Gasteiger partial charge in [-0.1, -0.05) is 18.2 Å². The summed E-state index contributed by atoms with van der Waals surface area (Å²) in [5, 5.41) is 0. The van der Waals surface area contributed by atoms with Crippen molar-refractivity contribution >= 4 is 12.3 Å². The molecule has 0 radical (unpaired) electrons. The molecule has 0 aromatic carbocycles. The Bertz CT molecular complexity index is 250. The average molecular weight is 166 g/mol. The average Bonchev–Trinajstić information content (AvgIpc) is 2.17. The van der Waals surface area contributed by atoms with E-state index in [2.05, 4.69) is 4.74 Å². The second-order valence-corrected chi connectivity index (χ2v) is 2.57. The molecule has 3 heteroatoms. The van der Waals surface area contributed by atoms with E-state index in [9.17, 15) is 9.59 Å². The first-order chi connectivity index (χ1) is 5.77. The number of rotatable bonds is 2. The molecule has 3 nitrogen and oxygen atoms in total. The molecule has 1 unspecified atom stereocenters. The first-order valence-electron chi connectivity index (χ1n) is 3.69. The molecule has 1 aliphatic carbocycles. The lowest BCUT2D eigenvalue weighted by molar-refractivity contribution is -0.136. The van der Waals surface area contributed by atoms with Gasteiger partial charge in [0.05, 0.1) is 7.11 Å². The molecule has 0 saturated heterocycles. The highest BCUT2D eigenvalue weighted by Gasteiger charge is 2.16. The monoisotopic (exact) mass is 166 g/mol. The van der Waals surface area contributed by atoms with Crippen molar-refractivity contribution in [3.05, 3.63) is 23.8 Å². The molecule has 12 heavy (non-hydrogen) atoms. The predicted octanol–water partition coefficient (Wildman–Crippen LogP) is 0.861. The maximum absolute atomic E-state index is 11.0. The molecule has 0 bridgehead atoms. The van der Waals surface area contributed by atoms with Crippen LogP contribution in [0.1, 0.15) is 6.42 Å². The Labute approximate surface area is 70.7 Å². The van der Waals surface area contributed by atoms with Gasteiger partial charge in [0.15, 0.2) is 0 Å². The second-order valence-electron chi connectivity index (χ2n) is 2.57. The van der Waals surface area contributed by atoms with Crippen molar-refractivity contribution < 1.29 is 14.3 Å². The Morgan fingerprint density at radius 3 is 3.08 bits per heavy atom. The maximum Gasteiger partial charge on any atom is 0.333 e. The van der Waals surface area contributed by atoms with E-state index < -0.39 is 0 Å². The Hall–Kier alpha value is -1.38. The highest BCUT2D eigenvalue weighted by atomic mass is 16.5. The van der Waals surface area contributed by atoms with Crippen LogP contribution in [0.15, 0.2) is 23.8 Å². The van der Waals surface area contributed by atoms with Gasteiger partial charge in [-0.3, -0.25) is 0 Å². The molecule has 0 saturated carbocycles. The van der Waals surface area contributed by atoms with E-state index >= 15 is 0 Å². The van der Waals surface area contributed by atoms with Crippen LogP contribution in [0.3, 0.4) is 0 Å². The van der Waals surface area contributed by atoms with Gasteiger partial charge in [-0.15, -0.1) is 0 Å². The minimum atomic E-state index is -0.355. The molecule has 0 fully saturated rings. The molecule has 0 spiro atoms. The van der Waals surface area contributed by atoms with Crippen LogP contribution in [0, 0.1) is 5.92 Å². The van der Waals surface area contributed by atoms with Crippen LogP contribution in [0.2, 0.25) is 0 Å². The van der Waals surface area contributed by atoms with Crippen molar-refractivity contribution in [1.82, 2.24) is 0 Å². The van der Waals surface area contributed by atoms with Gasteiger partial charge >= 0.3 is 5.97 Å². The lowest BCUT2D eigenvalue weighted by Gasteiger charge is -2.10. The zero-order valence-electron chi connectivity index (χ0n) is 6.82.